The maximum atomic E-state index is 11.8. The fourth-order valence-electron chi connectivity index (χ4n) is 1.51. The molecule has 0 aliphatic heterocycles. The van der Waals surface area contributed by atoms with Gasteiger partial charge >= 0.3 is 5.97 Å². The van der Waals surface area contributed by atoms with Gasteiger partial charge in [-0.1, -0.05) is 27.5 Å². The second-order valence-corrected chi connectivity index (χ2v) is 5.47. The van der Waals surface area contributed by atoms with E-state index in [2.05, 4.69) is 21.2 Å². The number of benzene rings is 1. The van der Waals surface area contributed by atoms with Gasteiger partial charge in [0.2, 0.25) is 5.91 Å². The second-order valence-electron chi connectivity index (χ2n) is 4.15. The number of likely N-dealkylation sites (N-methyl/N-ethyl adjacent to an activating group) is 1. The summed E-state index contributed by atoms with van der Waals surface area (Å²) in [4.78, 5) is 24.7. The number of hydrogen-bond donors (Lipinski definition) is 1. The fourth-order valence-corrected chi connectivity index (χ4v) is 2.23. The number of anilines is 1. The third-order valence-corrected chi connectivity index (χ3v) is 3.13. The summed E-state index contributed by atoms with van der Waals surface area (Å²) >= 11 is 9.29. The average molecular weight is 364 g/mol. The fraction of sp³-hybridized carbons (Fsp3) is 0.385. The Balaban J connectivity index is 2.49. The van der Waals surface area contributed by atoms with E-state index in [4.69, 9.17) is 16.3 Å². The van der Waals surface area contributed by atoms with Crippen molar-refractivity contribution in [3.63, 3.8) is 0 Å². The molecule has 0 aliphatic rings. The minimum atomic E-state index is -0.357. The van der Waals surface area contributed by atoms with Crippen molar-refractivity contribution in [1.29, 1.82) is 0 Å². The second kappa shape index (κ2) is 8.24. The molecular weight excluding hydrogens is 348 g/mol. The first-order chi connectivity index (χ1) is 9.42. The summed E-state index contributed by atoms with van der Waals surface area (Å²) in [6, 6.07) is 5.18. The lowest BCUT2D eigenvalue weighted by molar-refractivity contribution is -0.144. The largest absolute Gasteiger partial charge is 0.465 e. The van der Waals surface area contributed by atoms with Crippen molar-refractivity contribution in [2.24, 2.45) is 0 Å². The Morgan fingerprint density at radius 3 is 2.70 bits per heavy atom. The highest BCUT2D eigenvalue weighted by Gasteiger charge is 2.12. The molecule has 1 amide bonds. The van der Waals surface area contributed by atoms with Crippen LogP contribution in [0, 0.1) is 0 Å². The van der Waals surface area contributed by atoms with Gasteiger partial charge in [0.25, 0.3) is 0 Å². The molecule has 7 heteroatoms. The molecule has 1 aromatic rings. The maximum absolute atomic E-state index is 11.8. The number of hydrogen-bond acceptors (Lipinski definition) is 4. The van der Waals surface area contributed by atoms with Gasteiger partial charge in [0.15, 0.2) is 0 Å². The molecule has 0 bridgehead atoms. The predicted molar refractivity (Wildman–Crippen MR) is 81.9 cm³/mol. The summed E-state index contributed by atoms with van der Waals surface area (Å²) in [5.41, 5.74) is 0.532. The topological polar surface area (TPSA) is 58.6 Å². The lowest BCUT2D eigenvalue weighted by atomic mass is 10.3. The highest BCUT2D eigenvalue weighted by Crippen LogP contribution is 2.25. The van der Waals surface area contributed by atoms with Crippen LogP contribution in [0.1, 0.15) is 6.92 Å². The molecule has 110 valence electrons. The highest BCUT2D eigenvalue weighted by atomic mass is 79.9. The maximum Gasteiger partial charge on any atom is 0.320 e. The van der Waals surface area contributed by atoms with Crippen molar-refractivity contribution in [1.82, 2.24) is 4.90 Å². The van der Waals surface area contributed by atoms with Crippen molar-refractivity contribution in [3.05, 3.63) is 27.7 Å². The zero-order valence-electron chi connectivity index (χ0n) is 11.3. The molecule has 0 atom stereocenters. The third-order valence-electron chi connectivity index (χ3n) is 2.32. The normalized spacial score (nSPS) is 10.4. The molecule has 5 nitrogen and oxygen atoms in total. The van der Waals surface area contributed by atoms with E-state index in [0.717, 1.165) is 4.47 Å². The summed E-state index contributed by atoms with van der Waals surface area (Å²) in [7, 11) is 1.67. The van der Waals surface area contributed by atoms with Crippen molar-refractivity contribution in [2.45, 2.75) is 6.92 Å². The zero-order valence-corrected chi connectivity index (χ0v) is 13.6. The number of carbonyl (C=O) groups is 2. The van der Waals surface area contributed by atoms with Crippen LogP contribution in [0.2, 0.25) is 5.02 Å². The van der Waals surface area contributed by atoms with E-state index in [-0.39, 0.29) is 25.0 Å². The van der Waals surface area contributed by atoms with E-state index in [1.165, 1.54) is 0 Å². The molecular formula is C13H16BrClN2O3. The minimum absolute atomic E-state index is 0.0648. The molecule has 0 radical (unpaired) electrons. The summed E-state index contributed by atoms with van der Waals surface area (Å²) in [5.74, 6) is -0.606. The summed E-state index contributed by atoms with van der Waals surface area (Å²) < 4.78 is 5.64. The van der Waals surface area contributed by atoms with Crippen molar-refractivity contribution in [3.8, 4) is 0 Å². The Morgan fingerprint density at radius 2 is 2.10 bits per heavy atom. The number of rotatable bonds is 6. The van der Waals surface area contributed by atoms with E-state index in [0.29, 0.717) is 17.3 Å². The summed E-state index contributed by atoms with van der Waals surface area (Å²) in [6.45, 7) is 2.20. The minimum Gasteiger partial charge on any atom is -0.465 e. The molecule has 1 N–H and O–H groups in total. The number of carbonyl (C=O) groups excluding carboxylic acids is 2. The molecule has 0 fully saturated rings. The predicted octanol–water partition coefficient (Wildman–Crippen LogP) is 2.54. The SMILES string of the molecule is CCOC(=O)CN(C)CC(=O)Nc1ccc(Br)cc1Cl. The standard InChI is InChI=1S/C13H16BrClN2O3/c1-3-20-13(19)8-17(2)7-12(18)16-11-5-4-9(14)6-10(11)15/h4-6H,3,7-8H2,1-2H3,(H,16,18). The number of ether oxygens (including phenoxy) is 1. The number of nitrogens with one attached hydrogen (secondary N) is 1. The Hall–Kier alpha value is -1.11. The smallest absolute Gasteiger partial charge is 0.320 e. The molecule has 0 aromatic heterocycles. The molecule has 1 aromatic carbocycles. The van der Waals surface area contributed by atoms with E-state index in [9.17, 15) is 9.59 Å². The van der Waals surface area contributed by atoms with Gasteiger partial charge in [-0.3, -0.25) is 14.5 Å². The van der Waals surface area contributed by atoms with Crippen molar-refractivity contribution in [2.75, 3.05) is 32.1 Å². The van der Waals surface area contributed by atoms with Gasteiger partial charge < -0.3 is 10.1 Å². The lowest BCUT2D eigenvalue weighted by Crippen LogP contribution is -2.34. The van der Waals surface area contributed by atoms with Crippen molar-refractivity contribution < 1.29 is 14.3 Å². The first kappa shape index (κ1) is 16.9. The Kier molecular flexibility index (Phi) is 6.98. The van der Waals surface area contributed by atoms with E-state index >= 15 is 0 Å². The summed E-state index contributed by atoms with van der Waals surface area (Å²) in [5, 5.41) is 3.13. The van der Waals surface area contributed by atoms with Crippen LogP contribution < -0.4 is 5.32 Å². The molecule has 1 rings (SSSR count). The third kappa shape index (κ3) is 5.90. The van der Waals surface area contributed by atoms with Crippen LogP contribution in [0.4, 0.5) is 5.69 Å². The number of nitrogens with zero attached hydrogens (tertiary/aromatic N) is 1. The van der Waals surface area contributed by atoms with Gasteiger partial charge in [-0.15, -0.1) is 0 Å². The molecule has 0 spiro atoms. The van der Waals surface area contributed by atoms with E-state index < -0.39 is 0 Å². The molecule has 0 saturated heterocycles. The van der Waals surface area contributed by atoms with Gasteiger partial charge in [0.1, 0.15) is 0 Å². The van der Waals surface area contributed by atoms with Gasteiger partial charge in [-0.25, -0.2) is 0 Å². The van der Waals surface area contributed by atoms with Gasteiger partial charge in [0, 0.05) is 4.47 Å². The van der Waals surface area contributed by atoms with Crippen LogP contribution >= 0.6 is 27.5 Å². The summed E-state index contributed by atoms with van der Waals surface area (Å²) in [6.07, 6.45) is 0. The van der Waals surface area contributed by atoms with Gasteiger partial charge in [0.05, 0.1) is 30.4 Å². The van der Waals surface area contributed by atoms with Crippen LogP contribution in [0.15, 0.2) is 22.7 Å². The van der Waals surface area contributed by atoms with Gasteiger partial charge in [-0.2, -0.15) is 0 Å². The van der Waals surface area contributed by atoms with Crippen LogP contribution in [0.3, 0.4) is 0 Å². The Morgan fingerprint density at radius 1 is 1.40 bits per heavy atom. The zero-order chi connectivity index (χ0) is 15.1. The van der Waals surface area contributed by atoms with E-state index in [1.54, 1.807) is 37.1 Å². The van der Waals surface area contributed by atoms with Crippen LogP contribution in [0.5, 0.6) is 0 Å². The highest BCUT2D eigenvalue weighted by molar-refractivity contribution is 9.10. The van der Waals surface area contributed by atoms with Crippen LogP contribution in [-0.2, 0) is 14.3 Å². The Labute approximate surface area is 131 Å². The lowest BCUT2D eigenvalue weighted by Gasteiger charge is -2.15. The van der Waals surface area contributed by atoms with Crippen LogP contribution in [-0.4, -0.2) is 43.5 Å². The van der Waals surface area contributed by atoms with Gasteiger partial charge in [-0.05, 0) is 32.2 Å². The van der Waals surface area contributed by atoms with Crippen LogP contribution in [0.25, 0.3) is 0 Å². The monoisotopic (exact) mass is 362 g/mol. The van der Waals surface area contributed by atoms with Crippen molar-refractivity contribution >= 4 is 45.1 Å². The average Bonchev–Trinajstić information content (AvgIpc) is 2.32. The first-order valence-electron chi connectivity index (χ1n) is 6.01. The number of esters is 1. The van der Waals surface area contributed by atoms with E-state index in [1.807, 2.05) is 0 Å². The molecule has 0 saturated carbocycles. The Bertz CT molecular complexity index is 497. The quantitative estimate of drug-likeness (QED) is 0.789. The number of halogens is 2. The molecule has 20 heavy (non-hydrogen) atoms. The first-order valence-corrected chi connectivity index (χ1v) is 7.18. The molecule has 0 aliphatic carbocycles. The number of amides is 1. The molecule has 0 unspecified atom stereocenters. The molecule has 0 heterocycles.